The van der Waals surface area contributed by atoms with Crippen LogP contribution >= 0.6 is 15.9 Å². The summed E-state index contributed by atoms with van der Waals surface area (Å²) in [4.78, 5) is 0. The average molecular weight is 317 g/mol. The second-order valence-electron chi connectivity index (χ2n) is 5.29. The Morgan fingerprint density at radius 2 is 1.89 bits per heavy atom. The van der Waals surface area contributed by atoms with Gasteiger partial charge in [-0.3, -0.25) is 0 Å². The largest absolute Gasteiger partial charge is 0.388 e. The van der Waals surface area contributed by atoms with Gasteiger partial charge in [-0.15, -0.1) is 0 Å². The smallest absolute Gasteiger partial charge is 0.0830 e. The molecule has 1 aliphatic carbocycles. The molecule has 1 N–H and O–H groups in total. The summed E-state index contributed by atoms with van der Waals surface area (Å²) in [6, 6.07) is 16.6. The van der Waals surface area contributed by atoms with E-state index in [1.54, 1.807) is 0 Å². The minimum absolute atomic E-state index is 0.423. The normalized spacial score (nSPS) is 16.3. The van der Waals surface area contributed by atoms with Crippen molar-refractivity contribution in [3.8, 4) is 0 Å². The van der Waals surface area contributed by atoms with Crippen LogP contribution in [0.2, 0.25) is 0 Å². The fourth-order valence-corrected chi connectivity index (χ4v) is 2.89. The zero-order chi connectivity index (χ0) is 13.2. The maximum absolute atomic E-state index is 10.4. The van der Waals surface area contributed by atoms with Gasteiger partial charge < -0.3 is 5.11 Å². The molecule has 1 unspecified atom stereocenters. The third-order valence-electron chi connectivity index (χ3n) is 3.66. The number of hydrogen-bond donors (Lipinski definition) is 1. The molecule has 1 aliphatic rings. The van der Waals surface area contributed by atoms with E-state index in [0.717, 1.165) is 21.5 Å². The van der Waals surface area contributed by atoms with Gasteiger partial charge in [-0.1, -0.05) is 52.3 Å². The van der Waals surface area contributed by atoms with Crippen molar-refractivity contribution in [2.45, 2.75) is 31.3 Å². The zero-order valence-electron chi connectivity index (χ0n) is 10.7. The third-order valence-corrected chi connectivity index (χ3v) is 4.16. The van der Waals surface area contributed by atoms with Gasteiger partial charge in [-0.25, -0.2) is 0 Å². The molecule has 98 valence electrons. The Kier molecular flexibility index (Phi) is 3.72. The summed E-state index contributed by atoms with van der Waals surface area (Å²) in [6.07, 6.45) is 2.83. The predicted octanol–water partition coefficient (Wildman–Crippen LogP) is 4.60. The highest BCUT2D eigenvalue weighted by atomic mass is 79.9. The molecule has 0 bridgehead atoms. The molecule has 2 aromatic rings. The van der Waals surface area contributed by atoms with Crippen LogP contribution in [0.5, 0.6) is 0 Å². The summed E-state index contributed by atoms with van der Waals surface area (Å²) >= 11 is 3.47. The lowest BCUT2D eigenvalue weighted by molar-refractivity contribution is 0.178. The number of halogens is 1. The Morgan fingerprint density at radius 3 is 2.63 bits per heavy atom. The lowest BCUT2D eigenvalue weighted by Gasteiger charge is -2.12. The quantitative estimate of drug-likeness (QED) is 0.873. The Hall–Kier alpha value is -1.12. The molecule has 0 heterocycles. The van der Waals surface area contributed by atoms with Crippen LogP contribution in [0, 0.1) is 0 Å². The van der Waals surface area contributed by atoms with Crippen LogP contribution in [0.25, 0.3) is 0 Å². The minimum atomic E-state index is -0.423. The number of hydrogen-bond acceptors (Lipinski definition) is 1. The van der Waals surface area contributed by atoms with Crippen molar-refractivity contribution in [3.63, 3.8) is 0 Å². The van der Waals surface area contributed by atoms with Crippen molar-refractivity contribution < 1.29 is 5.11 Å². The topological polar surface area (TPSA) is 20.2 Å². The van der Waals surface area contributed by atoms with Gasteiger partial charge in [0.25, 0.3) is 0 Å². The first-order valence-electron chi connectivity index (χ1n) is 6.75. The van der Waals surface area contributed by atoms with Crippen molar-refractivity contribution in [2.75, 3.05) is 0 Å². The summed E-state index contributed by atoms with van der Waals surface area (Å²) in [7, 11) is 0. The van der Waals surface area contributed by atoms with Gasteiger partial charge in [0.1, 0.15) is 0 Å². The highest BCUT2D eigenvalue weighted by Gasteiger charge is 2.24. The van der Waals surface area contributed by atoms with Crippen LogP contribution in [0.3, 0.4) is 0 Å². The molecule has 1 nitrogen and oxygen atoms in total. The predicted molar refractivity (Wildman–Crippen MR) is 81.2 cm³/mol. The number of benzene rings is 2. The van der Waals surface area contributed by atoms with Gasteiger partial charge in [0, 0.05) is 10.9 Å². The van der Waals surface area contributed by atoms with E-state index in [1.165, 1.54) is 18.4 Å². The molecule has 0 aromatic heterocycles. The monoisotopic (exact) mass is 316 g/mol. The van der Waals surface area contributed by atoms with Gasteiger partial charge >= 0.3 is 0 Å². The molecule has 0 spiro atoms. The van der Waals surface area contributed by atoms with Crippen LogP contribution in [-0.4, -0.2) is 5.11 Å². The average Bonchev–Trinajstić information content (AvgIpc) is 3.23. The molecule has 0 radical (unpaired) electrons. The van der Waals surface area contributed by atoms with Crippen molar-refractivity contribution in [2.24, 2.45) is 0 Å². The van der Waals surface area contributed by atoms with Crippen LogP contribution in [0.1, 0.15) is 41.6 Å². The van der Waals surface area contributed by atoms with E-state index < -0.39 is 6.10 Å². The van der Waals surface area contributed by atoms with Crippen molar-refractivity contribution in [3.05, 3.63) is 69.7 Å². The van der Waals surface area contributed by atoms with E-state index >= 15 is 0 Å². The fraction of sp³-hybridized carbons (Fsp3) is 0.294. The number of aliphatic hydroxyl groups excluding tert-OH is 1. The Morgan fingerprint density at radius 1 is 1.11 bits per heavy atom. The molecule has 3 rings (SSSR count). The Bertz CT molecular complexity index is 575. The highest BCUT2D eigenvalue weighted by molar-refractivity contribution is 9.10. The second kappa shape index (κ2) is 5.48. The van der Waals surface area contributed by atoms with Gasteiger partial charge in [0.2, 0.25) is 0 Å². The maximum Gasteiger partial charge on any atom is 0.0830 e. The van der Waals surface area contributed by atoms with Crippen LogP contribution in [-0.2, 0) is 6.42 Å². The Labute approximate surface area is 122 Å². The summed E-state index contributed by atoms with van der Waals surface area (Å²) in [5, 5.41) is 10.4. The highest BCUT2D eigenvalue weighted by Crippen LogP contribution is 2.40. The molecule has 1 saturated carbocycles. The van der Waals surface area contributed by atoms with E-state index in [9.17, 15) is 5.11 Å². The molecule has 2 aromatic carbocycles. The van der Waals surface area contributed by atoms with Crippen molar-refractivity contribution in [1.29, 1.82) is 0 Å². The Balaban J connectivity index is 1.76. The maximum atomic E-state index is 10.4. The first-order chi connectivity index (χ1) is 9.22. The van der Waals surface area contributed by atoms with Crippen LogP contribution in [0.15, 0.2) is 53.0 Å². The van der Waals surface area contributed by atoms with Crippen LogP contribution in [0.4, 0.5) is 0 Å². The van der Waals surface area contributed by atoms with Gasteiger partial charge in [0.15, 0.2) is 0 Å². The molecule has 0 saturated heterocycles. The first-order valence-corrected chi connectivity index (χ1v) is 7.54. The van der Waals surface area contributed by atoms with E-state index in [1.807, 2.05) is 18.2 Å². The fourth-order valence-electron chi connectivity index (χ4n) is 2.44. The summed E-state index contributed by atoms with van der Waals surface area (Å²) in [5.74, 6) is 0.734. The van der Waals surface area contributed by atoms with Gasteiger partial charge in [0.05, 0.1) is 6.10 Å². The molecule has 2 heteroatoms. The molecular formula is C17H17BrO. The van der Waals surface area contributed by atoms with Crippen LogP contribution < -0.4 is 0 Å². The summed E-state index contributed by atoms with van der Waals surface area (Å²) in [5.41, 5.74) is 3.56. The first kappa shape index (κ1) is 12.9. The lowest BCUT2D eigenvalue weighted by atomic mass is 9.98. The second-order valence-corrected chi connectivity index (χ2v) is 6.21. The van der Waals surface area contributed by atoms with Crippen molar-refractivity contribution in [1.82, 2.24) is 0 Å². The zero-order valence-corrected chi connectivity index (χ0v) is 12.3. The molecule has 0 aliphatic heterocycles. The van der Waals surface area contributed by atoms with E-state index in [0.29, 0.717) is 6.42 Å². The van der Waals surface area contributed by atoms with E-state index in [-0.39, 0.29) is 0 Å². The standard InChI is InChI=1S/C17H17BrO/c18-16-6-1-3-12(9-16)10-17(19)15-5-2-4-14(11-15)13-7-8-13/h1-6,9,11,13,17,19H,7-8,10H2. The van der Waals surface area contributed by atoms with Gasteiger partial charge in [-0.2, -0.15) is 0 Å². The molecule has 0 amide bonds. The number of rotatable bonds is 4. The van der Waals surface area contributed by atoms with E-state index in [4.69, 9.17) is 0 Å². The lowest BCUT2D eigenvalue weighted by Crippen LogP contribution is -2.02. The molecule has 1 atom stereocenters. The summed E-state index contributed by atoms with van der Waals surface area (Å²) in [6.45, 7) is 0. The van der Waals surface area contributed by atoms with Crippen molar-refractivity contribution >= 4 is 15.9 Å². The van der Waals surface area contributed by atoms with E-state index in [2.05, 4.69) is 46.3 Å². The third kappa shape index (κ3) is 3.26. The SMILES string of the molecule is OC(Cc1cccc(Br)c1)c1cccc(C2CC2)c1. The summed E-state index contributed by atoms with van der Waals surface area (Å²) < 4.78 is 1.06. The number of aliphatic hydroxyl groups is 1. The van der Waals surface area contributed by atoms with Gasteiger partial charge in [-0.05, 0) is 47.6 Å². The minimum Gasteiger partial charge on any atom is -0.388 e. The molecular weight excluding hydrogens is 300 g/mol. The molecule has 19 heavy (non-hydrogen) atoms. The molecule has 1 fully saturated rings.